The second-order valence-electron chi connectivity index (χ2n) is 4.68. The van der Waals surface area contributed by atoms with Crippen LogP contribution in [0.3, 0.4) is 0 Å². The number of halogens is 1. The SMILES string of the molecule is Nc1cc(Cl)nc(NCc2ccc3ncccc3c2)c1N. The number of hydrogen-bond acceptors (Lipinski definition) is 5. The molecule has 0 unspecified atom stereocenters. The van der Waals surface area contributed by atoms with Gasteiger partial charge < -0.3 is 16.8 Å². The first-order valence-corrected chi connectivity index (χ1v) is 6.80. The molecule has 0 spiro atoms. The molecule has 0 aliphatic carbocycles. The van der Waals surface area contributed by atoms with Crippen LogP contribution < -0.4 is 16.8 Å². The van der Waals surface area contributed by atoms with Crippen LogP contribution in [0, 0.1) is 0 Å². The summed E-state index contributed by atoms with van der Waals surface area (Å²) in [5.74, 6) is 0.492. The second-order valence-corrected chi connectivity index (χ2v) is 5.07. The lowest BCUT2D eigenvalue weighted by molar-refractivity contribution is 1.12. The van der Waals surface area contributed by atoms with E-state index in [0.717, 1.165) is 16.5 Å². The molecule has 0 amide bonds. The molecule has 2 aromatic heterocycles. The Bertz CT molecular complexity index is 803. The van der Waals surface area contributed by atoms with Gasteiger partial charge in [0.15, 0.2) is 5.82 Å². The van der Waals surface area contributed by atoms with E-state index >= 15 is 0 Å². The van der Waals surface area contributed by atoms with Crippen LogP contribution in [0.1, 0.15) is 5.56 Å². The highest BCUT2D eigenvalue weighted by molar-refractivity contribution is 6.30. The first-order chi connectivity index (χ1) is 10.1. The van der Waals surface area contributed by atoms with Gasteiger partial charge in [0.1, 0.15) is 5.15 Å². The van der Waals surface area contributed by atoms with E-state index in [-0.39, 0.29) is 0 Å². The third kappa shape index (κ3) is 2.83. The maximum atomic E-state index is 5.89. The van der Waals surface area contributed by atoms with Crippen molar-refractivity contribution < 1.29 is 0 Å². The molecule has 0 fully saturated rings. The lowest BCUT2D eigenvalue weighted by Crippen LogP contribution is -2.07. The smallest absolute Gasteiger partial charge is 0.153 e. The quantitative estimate of drug-likeness (QED) is 0.647. The monoisotopic (exact) mass is 299 g/mol. The molecule has 5 nitrogen and oxygen atoms in total. The molecule has 2 heterocycles. The van der Waals surface area contributed by atoms with Crippen LogP contribution in [0.5, 0.6) is 0 Å². The number of pyridine rings is 2. The van der Waals surface area contributed by atoms with Crippen molar-refractivity contribution in [2.45, 2.75) is 6.54 Å². The summed E-state index contributed by atoms with van der Waals surface area (Å²) < 4.78 is 0. The van der Waals surface area contributed by atoms with E-state index in [2.05, 4.69) is 21.4 Å². The molecule has 106 valence electrons. The molecule has 3 rings (SSSR count). The van der Waals surface area contributed by atoms with E-state index in [1.54, 1.807) is 6.20 Å². The predicted octanol–water partition coefficient (Wildman–Crippen LogP) is 3.06. The Morgan fingerprint density at radius 3 is 2.86 bits per heavy atom. The minimum absolute atomic E-state index is 0.312. The number of nitrogens with zero attached hydrogens (tertiary/aromatic N) is 2. The number of rotatable bonds is 3. The Kier molecular flexibility index (Phi) is 3.50. The van der Waals surface area contributed by atoms with E-state index in [1.807, 2.05) is 24.3 Å². The van der Waals surface area contributed by atoms with E-state index in [4.69, 9.17) is 23.1 Å². The molecule has 0 atom stereocenters. The summed E-state index contributed by atoms with van der Waals surface area (Å²) in [6, 6.07) is 11.5. The molecule has 5 N–H and O–H groups in total. The summed E-state index contributed by atoms with van der Waals surface area (Å²) in [6.45, 7) is 0.571. The van der Waals surface area contributed by atoms with Gasteiger partial charge >= 0.3 is 0 Å². The number of nitrogens with one attached hydrogen (secondary N) is 1. The average Bonchev–Trinajstić information content (AvgIpc) is 2.49. The molecule has 6 heteroatoms. The molecule has 0 aliphatic rings. The van der Waals surface area contributed by atoms with Gasteiger partial charge in [-0.2, -0.15) is 0 Å². The Hall–Kier alpha value is -2.53. The molecular weight excluding hydrogens is 286 g/mol. The molecule has 0 radical (unpaired) electrons. The van der Waals surface area contributed by atoms with E-state index in [0.29, 0.717) is 28.9 Å². The molecular formula is C15H14ClN5. The zero-order valence-electron chi connectivity index (χ0n) is 11.2. The van der Waals surface area contributed by atoms with Gasteiger partial charge in [0.2, 0.25) is 0 Å². The van der Waals surface area contributed by atoms with Crippen LogP contribution >= 0.6 is 11.6 Å². The zero-order chi connectivity index (χ0) is 14.8. The topological polar surface area (TPSA) is 89.8 Å². The number of aromatic nitrogens is 2. The third-order valence-corrected chi connectivity index (χ3v) is 3.38. The first kappa shape index (κ1) is 13.5. The average molecular weight is 300 g/mol. The summed E-state index contributed by atoms with van der Waals surface area (Å²) in [5.41, 5.74) is 14.5. The fraction of sp³-hybridized carbons (Fsp3) is 0.0667. The van der Waals surface area contributed by atoms with Crippen molar-refractivity contribution in [3.8, 4) is 0 Å². The molecule has 21 heavy (non-hydrogen) atoms. The van der Waals surface area contributed by atoms with Crippen LogP contribution in [0.2, 0.25) is 5.15 Å². The summed E-state index contributed by atoms with van der Waals surface area (Å²) in [5, 5.41) is 4.55. The number of fused-ring (bicyclic) bond motifs is 1. The van der Waals surface area contributed by atoms with E-state index in [9.17, 15) is 0 Å². The normalized spacial score (nSPS) is 10.7. The van der Waals surface area contributed by atoms with Gasteiger partial charge in [-0.1, -0.05) is 23.7 Å². The van der Waals surface area contributed by atoms with E-state index in [1.165, 1.54) is 6.07 Å². The Balaban J connectivity index is 1.83. The number of nitrogens with two attached hydrogens (primary N) is 2. The molecule has 1 aromatic carbocycles. The number of nitrogen functional groups attached to an aromatic ring is 2. The maximum Gasteiger partial charge on any atom is 0.153 e. The van der Waals surface area contributed by atoms with Gasteiger partial charge in [-0.15, -0.1) is 0 Å². The third-order valence-electron chi connectivity index (χ3n) is 3.19. The second kappa shape index (κ2) is 5.46. The highest BCUT2D eigenvalue weighted by atomic mass is 35.5. The largest absolute Gasteiger partial charge is 0.397 e. The minimum atomic E-state index is 0.312. The van der Waals surface area contributed by atoms with Gasteiger partial charge in [0.05, 0.1) is 16.9 Å². The predicted molar refractivity (Wildman–Crippen MR) is 87.1 cm³/mol. The van der Waals surface area contributed by atoms with Crippen LogP contribution in [0.25, 0.3) is 10.9 Å². The minimum Gasteiger partial charge on any atom is -0.397 e. The number of benzene rings is 1. The fourth-order valence-electron chi connectivity index (χ4n) is 2.10. The van der Waals surface area contributed by atoms with Gasteiger partial charge in [0.25, 0.3) is 0 Å². The van der Waals surface area contributed by atoms with Crippen molar-refractivity contribution in [3.05, 3.63) is 53.3 Å². The highest BCUT2D eigenvalue weighted by Crippen LogP contribution is 2.26. The van der Waals surface area contributed by atoms with Gasteiger partial charge in [0, 0.05) is 24.2 Å². The molecule has 0 saturated carbocycles. The van der Waals surface area contributed by atoms with Crippen molar-refractivity contribution >= 4 is 39.7 Å². The highest BCUT2D eigenvalue weighted by Gasteiger charge is 2.07. The summed E-state index contributed by atoms with van der Waals surface area (Å²) in [4.78, 5) is 8.44. The summed E-state index contributed by atoms with van der Waals surface area (Å²) >= 11 is 5.89. The van der Waals surface area contributed by atoms with Crippen LogP contribution in [-0.4, -0.2) is 9.97 Å². The first-order valence-electron chi connectivity index (χ1n) is 6.42. The molecule has 0 saturated heterocycles. The Morgan fingerprint density at radius 1 is 1.14 bits per heavy atom. The molecule has 0 aliphatic heterocycles. The number of hydrogen-bond donors (Lipinski definition) is 3. The van der Waals surface area contributed by atoms with E-state index < -0.39 is 0 Å². The van der Waals surface area contributed by atoms with Crippen LogP contribution in [-0.2, 0) is 6.54 Å². The lowest BCUT2D eigenvalue weighted by atomic mass is 10.1. The van der Waals surface area contributed by atoms with Crippen molar-refractivity contribution in [2.24, 2.45) is 0 Å². The van der Waals surface area contributed by atoms with Crippen LogP contribution in [0.15, 0.2) is 42.6 Å². The molecule has 0 bridgehead atoms. The summed E-state index contributed by atoms with van der Waals surface area (Å²) in [6.07, 6.45) is 1.78. The van der Waals surface area contributed by atoms with Crippen molar-refractivity contribution in [2.75, 3.05) is 16.8 Å². The maximum absolute atomic E-state index is 5.89. The lowest BCUT2D eigenvalue weighted by Gasteiger charge is -2.11. The van der Waals surface area contributed by atoms with Crippen molar-refractivity contribution in [3.63, 3.8) is 0 Å². The van der Waals surface area contributed by atoms with Gasteiger partial charge in [-0.05, 0) is 23.8 Å². The summed E-state index contributed by atoms with van der Waals surface area (Å²) in [7, 11) is 0. The molecule has 3 aromatic rings. The van der Waals surface area contributed by atoms with Crippen molar-refractivity contribution in [1.82, 2.24) is 9.97 Å². The fourth-order valence-corrected chi connectivity index (χ4v) is 2.30. The zero-order valence-corrected chi connectivity index (χ0v) is 11.9. The van der Waals surface area contributed by atoms with Gasteiger partial charge in [-0.25, -0.2) is 4.98 Å². The Labute approximate surface area is 127 Å². The standard InChI is InChI=1S/C15H14ClN5/c16-13-7-11(17)14(18)15(21-13)20-8-9-3-4-12-10(6-9)2-1-5-19-12/h1-7H,8,18H2,(H3,17,20,21). The Morgan fingerprint density at radius 2 is 2.00 bits per heavy atom. The number of anilines is 3. The van der Waals surface area contributed by atoms with Crippen LogP contribution in [0.4, 0.5) is 17.2 Å². The van der Waals surface area contributed by atoms with Gasteiger partial charge in [-0.3, -0.25) is 4.98 Å². The van der Waals surface area contributed by atoms with Crippen molar-refractivity contribution in [1.29, 1.82) is 0 Å².